The third-order valence-corrected chi connectivity index (χ3v) is 5.16. The molecule has 2 unspecified atom stereocenters. The van der Waals surface area contributed by atoms with Crippen LogP contribution in [0, 0.1) is 0 Å². The number of alkyl halides is 9. The van der Waals surface area contributed by atoms with Gasteiger partial charge in [-0.15, -0.1) is 10.2 Å². The van der Waals surface area contributed by atoms with E-state index in [0.29, 0.717) is 5.56 Å². The molecule has 17 heteroatoms. The fraction of sp³-hybridized carbons (Fsp3) is 0.600. The number of morpholine rings is 1. The normalized spacial score (nSPS) is 21.5. The second-order valence-electron chi connectivity index (χ2n) is 8.81. The Morgan fingerprint density at radius 2 is 1.57 bits per heavy atom. The number of rotatable bonds is 4. The maximum Gasteiger partial charge on any atom is 0.490 e. The van der Waals surface area contributed by atoms with Crippen molar-refractivity contribution in [2.45, 2.75) is 62.2 Å². The Morgan fingerprint density at radius 3 is 1.95 bits per heavy atom. The van der Waals surface area contributed by atoms with E-state index in [0.717, 1.165) is 4.90 Å². The SMILES string of the molecule is CC1(C)CN(C(=O)C(N)Cc2ccc(C3(C(F)(F)F)N=N3)cc2)CC(C(F)(F)F)O1.O=C(O)C(F)(F)F. The standard InChI is InChI=1S/C18H20F6N4O2.C2HF3O2/c1-15(2)9-28(8-13(30-15)17(19,20)21)14(29)12(25)7-10-3-5-11(6-4-10)16(26-27-16)18(22,23)24;3-2(4,5)1(6)7/h3-6,12-13H,7-9,25H2,1-2H3;(H,6,7). The summed E-state index contributed by atoms with van der Waals surface area (Å²) in [5, 5.41) is 13.3. The van der Waals surface area contributed by atoms with Crippen molar-refractivity contribution in [3.63, 3.8) is 0 Å². The average molecular weight is 552 g/mol. The van der Waals surface area contributed by atoms with Gasteiger partial charge in [0.25, 0.3) is 0 Å². The highest BCUT2D eigenvalue weighted by Gasteiger charge is 2.65. The highest BCUT2D eigenvalue weighted by Crippen LogP contribution is 2.52. The number of ether oxygens (including phenoxy) is 1. The molecule has 1 aromatic rings. The van der Waals surface area contributed by atoms with Gasteiger partial charge >= 0.3 is 30.2 Å². The monoisotopic (exact) mass is 552 g/mol. The maximum atomic E-state index is 13.1. The maximum absolute atomic E-state index is 13.1. The van der Waals surface area contributed by atoms with Gasteiger partial charge in [0.2, 0.25) is 5.91 Å². The fourth-order valence-electron chi connectivity index (χ4n) is 3.41. The van der Waals surface area contributed by atoms with Gasteiger partial charge in [0.15, 0.2) is 6.10 Å². The first-order valence-electron chi connectivity index (χ1n) is 10.3. The molecule has 2 aliphatic rings. The number of carboxylic acid groups (broad SMARTS) is 1. The summed E-state index contributed by atoms with van der Waals surface area (Å²) in [5.74, 6) is -3.45. The molecule has 0 aliphatic carbocycles. The molecular weight excluding hydrogens is 531 g/mol. The summed E-state index contributed by atoms with van der Waals surface area (Å²) in [6.07, 6.45) is -16.6. The van der Waals surface area contributed by atoms with Gasteiger partial charge in [0.1, 0.15) is 0 Å². The number of carbonyl (C=O) groups is 2. The minimum atomic E-state index is -5.08. The predicted molar refractivity (Wildman–Crippen MR) is 106 cm³/mol. The molecule has 2 aliphatic heterocycles. The van der Waals surface area contributed by atoms with E-state index in [2.05, 4.69) is 10.2 Å². The first-order chi connectivity index (χ1) is 16.6. The molecule has 208 valence electrons. The fourth-order valence-corrected chi connectivity index (χ4v) is 3.41. The van der Waals surface area contributed by atoms with Gasteiger partial charge in [-0.3, -0.25) is 4.79 Å². The van der Waals surface area contributed by atoms with E-state index in [1.807, 2.05) is 0 Å². The minimum Gasteiger partial charge on any atom is -0.475 e. The van der Waals surface area contributed by atoms with Crippen LogP contribution in [0.25, 0.3) is 0 Å². The molecule has 0 radical (unpaired) electrons. The van der Waals surface area contributed by atoms with Crippen LogP contribution in [-0.4, -0.2) is 71.2 Å². The molecule has 3 N–H and O–H groups in total. The van der Waals surface area contributed by atoms with Crippen molar-refractivity contribution >= 4 is 11.9 Å². The van der Waals surface area contributed by atoms with Crippen LogP contribution in [-0.2, 0) is 26.4 Å². The summed E-state index contributed by atoms with van der Waals surface area (Å²) in [6, 6.07) is 3.95. The van der Waals surface area contributed by atoms with Gasteiger partial charge in [-0.25, -0.2) is 4.79 Å². The van der Waals surface area contributed by atoms with Crippen LogP contribution in [0.3, 0.4) is 0 Å². The van der Waals surface area contributed by atoms with E-state index in [1.54, 1.807) is 0 Å². The molecule has 8 nitrogen and oxygen atoms in total. The molecule has 0 bridgehead atoms. The summed E-state index contributed by atoms with van der Waals surface area (Å²) in [5.41, 5.74) is 2.43. The minimum absolute atomic E-state index is 0.0547. The Morgan fingerprint density at radius 1 is 1.08 bits per heavy atom. The molecule has 1 aromatic carbocycles. The van der Waals surface area contributed by atoms with Gasteiger partial charge in [0.05, 0.1) is 18.2 Å². The zero-order chi connectivity index (χ0) is 28.6. The Bertz CT molecular complexity index is 1010. The molecule has 0 saturated carbocycles. The van der Waals surface area contributed by atoms with E-state index in [-0.39, 0.29) is 18.5 Å². The molecule has 1 fully saturated rings. The highest BCUT2D eigenvalue weighted by molar-refractivity contribution is 5.82. The largest absolute Gasteiger partial charge is 0.490 e. The smallest absolute Gasteiger partial charge is 0.475 e. The Hall–Kier alpha value is -2.95. The van der Waals surface area contributed by atoms with Crippen molar-refractivity contribution < 1.29 is 58.9 Å². The average Bonchev–Trinajstić information content (AvgIpc) is 3.54. The molecule has 0 aromatic heterocycles. The van der Waals surface area contributed by atoms with Crippen LogP contribution in [0.15, 0.2) is 34.5 Å². The van der Waals surface area contributed by atoms with Crippen molar-refractivity contribution in [1.29, 1.82) is 0 Å². The molecule has 37 heavy (non-hydrogen) atoms. The van der Waals surface area contributed by atoms with Gasteiger partial charge in [0, 0.05) is 12.1 Å². The zero-order valence-corrected chi connectivity index (χ0v) is 19.1. The molecule has 1 saturated heterocycles. The first-order valence-corrected chi connectivity index (χ1v) is 10.3. The summed E-state index contributed by atoms with van der Waals surface area (Å²) >= 11 is 0. The summed E-state index contributed by atoms with van der Waals surface area (Å²) in [4.78, 5) is 22.5. The number of benzene rings is 1. The number of halogens is 9. The summed E-state index contributed by atoms with van der Waals surface area (Å²) in [6.45, 7) is 2.15. The van der Waals surface area contributed by atoms with Gasteiger partial charge < -0.3 is 20.5 Å². The van der Waals surface area contributed by atoms with Crippen molar-refractivity contribution in [3.8, 4) is 0 Å². The van der Waals surface area contributed by atoms with Crippen molar-refractivity contribution in [2.75, 3.05) is 13.1 Å². The Balaban J connectivity index is 0.000000604. The lowest BCUT2D eigenvalue weighted by atomic mass is 9.98. The number of hydrogen-bond acceptors (Lipinski definition) is 6. The predicted octanol–water partition coefficient (Wildman–Crippen LogP) is 3.94. The lowest BCUT2D eigenvalue weighted by molar-refractivity contribution is -0.270. The Labute approximate surface area is 203 Å². The number of aliphatic carboxylic acids is 1. The first kappa shape index (κ1) is 30.3. The number of nitrogens with two attached hydrogens (primary N) is 1. The van der Waals surface area contributed by atoms with E-state index in [4.69, 9.17) is 20.4 Å². The van der Waals surface area contributed by atoms with Crippen LogP contribution in [0.1, 0.15) is 25.0 Å². The summed E-state index contributed by atoms with van der Waals surface area (Å²) < 4.78 is 115. The molecule has 2 atom stereocenters. The number of hydrogen-bond donors (Lipinski definition) is 2. The number of carbonyl (C=O) groups excluding carboxylic acids is 1. The number of amides is 1. The van der Waals surface area contributed by atoms with Crippen LogP contribution in [0.2, 0.25) is 0 Å². The van der Waals surface area contributed by atoms with E-state index < -0.39 is 60.4 Å². The van der Waals surface area contributed by atoms with E-state index in [9.17, 15) is 44.3 Å². The van der Waals surface area contributed by atoms with Gasteiger partial charge in [-0.2, -0.15) is 39.5 Å². The third kappa shape index (κ3) is 7.53. The number of carboxylic acids is 1. The highest BCUT2D eigenvalue weighted by atomic mass is 19.4. The lowest BCUT2D eigenvalue weighted by Gasteiger charge is -2.43. The molecule has 1 amide bonds. The lowest BCUT2D eigenvalue weighted by Crippen LogP contribution is -2.61. The van der Waals surface area contributed by atoms with Crippen LogP contribution >= 0.6 is 0 Å². The second-order valence-corrected chi connectivity index (χ2v) is 8.81. The van der Waals surface area contributed by atoms with Crippen molar-refractivity contribution in [2.24, 2.45) is 16.0 Å². The second kappa shape index (κ2) is 10.1. The molecule has 2 heterocycles. The Kier molecular flexibility index (Phi) is 8.24. The molecule has 0 spiro atoms. The van der Waals surface area contributed by atoms with Crippen molar-refractivity contribution in [1.82, 2.24) is 4.90 Å². The van der Waals surface area contributed by atoms with E-state index >= 15 is 0 Å². The van der Waals surface area contributed by atoms with Crippen LogP contribution < -0.4 is 5.73 Å². The quantitative estimate of drug-likeness (QED) is 0.549. The zero-order valence-electron chi connectivity index (χ0n) is 19.1. The topological polar surface area (TPSA) is 118 Å². The van der Waals surface area contributed by atoms with Crippen molar-refractivity contribution in [3.05, 3.63) is 35.4 Å². The van der Waals surface area contributed by atoms with Crippen LogP contribution in [0.4, 0.5) is 39.5 Å². The molecule has 3 rings (SSSR count). The van der Waals surface area contributed by atoms with Gasteiger partial charge in [-0.05, 0) is 25.8 Å². The molecular formula is C20H21F9N4O4. The van der Waals surface area contributed by atoms with Crippen LogP contribution in [0.5, 0.6) is 0 Å². The van der Waals surface area contributed by atoms with Gasteiger partial charge in [-0.1, -0.05) is 24.3 Å². The van der Waals surface area contributed by atoms with E-state index in [1.165, 1.54) is 38.1 Å². The third-order valence-electron chi connectivity index (χ3n) is 5.16. The summed E-state index contributed by atoms with van der Waals surface area (Å²) in [7, 11) is 0. The number of nitrogens with zero attached hydrogens (tertiary/aromatic N) is 3.